The van der Waals surface area contributed by atoms with Crippen LogP contribution in [0.4, 0.5) is 11.4 Å². The van der Waals surface area contributed by atoms with E-state index in [9.17, 15) is 0 Å². The predicted molar refractivity (Wildman–Crippen MR) is 207 cm³/mol. The molecule has 46 heavy (non-hydrogen) atoms. The molecule has 260 valence electrons. The van der Waals surface area contributed by atoms with Gasteiger partial charge in [0.15, 0.2) is 0 Å². The Balaban J connectivity index is 0.000000190. The normalized spacial score (nSPS) is 20.2. The monoisotopic (exact) mass is 774 g/mol. The van der Waals surface area contributed by atoms with E-state index in [2.05, 4.69) is 80.7 Å². The molecular formula is C40H63Cl2N2PRu. The molecule has 1 aliphatic heterocycles. The minimum absolute atomic E-state index is 0.385. The second kappa shape index (κ2) is 19.1. The van der Waals surface area contributed by atoms with Gasteiger partial charge in [0.05, 0.1) is 6.67 Å². The maximum absolute atomic E-state index is 5.07. The summed E-state index contributed by atoms with van der Waals surface area (Å²) in [6.45, 7) is 16.5. The zero-order valence-corrected chi connectivity index (χ0v) is 34.1. The molecule has 3 aliphatic carbocycles. The van der Waals surface area contributed by atoms with E-state index in [-0.39, 0.29) is 0 Å². The molecular weight excluding hydrogens is 711 g/mol. The van der Waals surface area contributed by atoms with Crippen LogP contribution in [0.3, 0.4) is 0 Å². The van der Waals surface area contributed by atoms with Gasteiger partial charge in [-0.2, -0.15) is 0 Å². The first kappa shape index (κ1) is 38.3. The first-order valence-electron chi connectivity index (χ1n) is 18.3. The second-order valence-electron chi connectivity index (χ2n) is 14.7. The fraction of sp³-hybridized carbons (Fsp3) is 0.675. The van der Waals surface area contributed by atoms with E-state index >= 15 is 0 Å². The van der Waals surface area contributed by atoms with E-state index in [4.69, 9.17) is 19.4 Å². The van der Waals surface area contributed by atoms with Crippen LogP contribution in [-0.4, -0.2) is 41.8 Å². The van der Waals surface area contributed by atoms with Gasteiger partial charge >= 0.3 is 38.0 Å². The molecule has 6 rings (SSSR count). The van der Waals surface area contributed by atoms with Crippen LogP contribution < -0.4 is 9.80 Å². The third-order valence-corrected chi connectivity index (χ3v) is 15.0. The van der Waals surface area contributed by atoms with Gasteiger partial charge in [-0.3, -0.25) is 0 Å². The number of hydrogen-bond donors (Lipinski definition) is 0. The van der Waals surface area contributed by atoms with Gasteiger partial charge in [0.25, 0.3) is 0 Å². The average Bonchev–Trinajstić information content (AvgIpc) is 3.47. The van der Waals surface area contributed by atoms with Crippen LogP contribution >= 0.6 is 27.3 Å². The molecule has 0 N–H and O–H groups in total. The summed E-state index contributed by atoms with van der Waals surface area (Å²) in [5.74, 6) is 0. The van der Waals surface area contributed by atoms with E-state index in [0.29, 0.717) is 7.92 Å². The van der Waals surface area contributed by atoms with E-state index in [1.165, 1.54) is 81.0 Å². The molecule has 0 spiro atoms. The van der Waals surface area contributed by atoms with Crippen LogP contribution in [0.25, 0.3) is 0 Å². The Morgan fingerprint density at radius 3 is 1.07 bits per heavy atom. The molecule has 0 atom stereocenters. The molecule has 0 amide bonds. The van der Waals surface area contributed by atoms with Crippen molar-refractivity contribution in [2.24, 2.45) is 0 Å². The average molecular weight is 775 g/mol. The van der Waals surface area contributed by atoms with E-state index in [0.717, 1.165) is 19.8 Å². The van der Waals surface area contributed by atoms with Gasteiger partial charge in [-0.15, -0.1) is 0 Å². The third kappa shape index (κ3) is 11.0. The molecule has 6 heteroatoms. The van der Waals surface area contributed by atoms with Crippen molar-refractivity contribution in [1.82, 2.24) is 0 Å². The number of rotatable bonds is 5. The number of aryl methyl sites for hydroxylation is 6. The van der Waals surface area contributed by atoms with Crippen LogP contribution in [0.5, 0.6) is 0 Å². The summed E-state index contributed by atoms with van der Waals surface area (Å²) in [7, 11) is 10.5. The van der Waals surface area contributed by atoms with Gasteiger partial charge < -0.3 is 9.80 Å². The molecule has 0 unspecified atom stereocenters. The molecule has 4 aliphatic rings. The summed E-state index contributed by atoms with van der Waals surface area (Å²) in [5.41, 5.74) is 14.7. The summed E-state index contributed by atoms with van der Waals surface area (Å²) in [5, 5.41) is 3.31. The van der Waals surface area contributed by atoms with Crippen LogP contribution in [0.2, 0.25) is 0 Å². The summed E-state index contributed by atoms with van der Waals surface area (Å²) in [4.78, 5) is 5.06. The molecule has 4 fully saturated rings. The molecule has 2 aromatic carbocycles. The summed E-state index contributed by atoms with van der Waals surface area (Å²) < 4.78 is 0. The van der Waals surface area contributed by atoms with Crippen LogP contribution in [0.1, 0.15) is 130 Å². The van der Waals surface area contributed by atoms with Crippen molar-refractivity contribution in [3.63, 3.8) is 0 Å². The topological polar surface area (TPSA) is 6.48 Å². The Labute approximate surface area is 297 Å². The molecule has 2 aromatic rings. The SMILES string of the molecule is C1CCC(P(C2CCCCC2)C2CCCCC2)CC1.Cc1cc(C)c(N2CCN(c3c(C)cc(C)cc3C)C2)c(C)c1.[CH2]=[Ru]([Cl])[Cl]. The fourth-order valence-electron chi connectivity index (χ4n) is 9.33. The zero-order chi connectivity index (χ0) is 33.2. The number of benzene rings is 2. The first-order chi connectivity index (χ1) is 22.0. The van der Waals surface area contributed by atoms with E-state index in [1.54, 1.807) is 77.0 Å². The summed E-state index contributed by atoms with van der Waals surface area (Å²) in [6.07, 6.45) is 23.6. The van der Waals surface area contributed by atoms with Gasteiger partial charge in [0.2, 0.25) is 0 Å². The number of hydrogen-bond acceptors (Lipinski definition) is 2. The molecule has 0 aromatic heterocycles. The number of nitrogens with zero attached hydrogens (tertiary/aromatic N) is 2. The summed E-state index contributed by atoms with van der Waals surface area (Å²) >= 11 is -1.48. The summed E-state index contributed by atoms with van der Waals surface area (Å²) in [6, 6.07) is 9.20. The zero-order valence-electron chi connectivity index (χ0n) is 29.9. The molecule has 3 saturated carbocycles. The second-order valence-corrected chi connectivity index (χ2v) is 23.6. The van der Waals surface area contributed by atoms with Crippen molar-refractivity contribution in [3.8, 4) is 0 Å². The number of anilines is 2. The third-order valence-electron chi connectivity index (χ3n) is 10.9. The van der Waals surface area contributed by atoms with Crippen molar-refractivity contribution in [3.05, 3.63) is 57.6 Å². The van der Waals surface area contributed by atoms with Gasteiger partial charge in [-0.1, -0.05) is 101 Å². The quantitative estimate of drug-likeness (QED) is 0.221. The first-order valence-corrected chi connectivity index (χ1v) is 25.5. The predicted octanol–water partition coefficient (Wildman–Crippen LogP) is 12.6. The van der Waals surface area contributed by atoms with E-state index < -0.39 is 13.5 Å². The molecule has 1 heterocycles. The molecule has 0 radical (unpaired) electrons. The van der Waals surface area contributed by atoms with Crippen molar-refractivity contribution in [2.45, 2.75) is 155 Å². The van der Waals surface area contributed by atoms with Crippen molar-refractivity contribution >= 4 is 43.8 Å². The van der Waals surface area contributed by atoms with Crippen molar-refractivity contribution < 1.29 is 13.5 Å². The van der Waals surface area contributed by atoms with Crippen molar-refractivity contribution in [1.29, 1.82) is 0 Å². The minimum atomic E-state index is -1.48. The van der Waals surface area contributed by atoms with Gasteiger partial charge in [0, 0.05) is 24.5 Å². The maximum atomic E-state index is 5.07. The standard InChI is InChI=1S/C21H28N2.C18H33P.CH2.2ClH.Ru/c1-14-9-16(3)20(17(4)10-14)22-7-8-23(13-22)21-18(5)11-15(2)12-19(21)6;1-4-10-16(11-5-1)19(17-12-6-2-7-13-17)18-14-8-3-9-15-18;;;;/h9-12H,7-8,13H2,1-6H3;16-18H,1-15H2;1H2;2*1H;/q;;;;;+2/p-2. The van der Waals surface area contributed by atoms with Crippen molar-refractivity contribution in [2.75, 3.05) is 29.6 Å². The van der Waals surface area contributed by atoms with Gasteiger partial charge in [-0.25, -0.2) is 0 Å². The fourth-order valence-corrected chi connectivity index (χ4v) is 14.0. The number of halogens is 2. The van der Waals surface area contributed by atoms with E-state index in [1.807, 2.05) is 0 Å². The molecule has 2 nitrogen and oxygen atoms in total. The Hall–Kier alpha value is -0.457. The Kier molecular flexibility index (Phi) is 15.9. The van der Waals surface area contributed by atoms with Crippen LogP contribution in [0.15, 0.2) is 24.3 Å². The van der Waals surface area contributed by atoms with Crippen LogP contribution in [-0.2, 0) is 13.5 Å². The van der Waals surface area contributed by atoms with Gasteiger partial charge in [-0.05, 0) is 119 Å². The van der Waals surface area contributed by atoms with Crippen LogP contribution in [0, 0.1) is 41.5 Å². The molecule has 1 saturated heterocycles. The molecule has 0 bridgehead atoms. The Morgan fingerprint density at radius 1 is 0.543 bits per heavy atom. The Bertz CT molecular complexity index is 1110. The van der Waals surface area contributed by atoms with Gasteiger partial charge in [0.1, 0.15) is 0 Å². The Morgan fingerprint density at radius 2 is 0.804 bits per heavy atom.